The Labute approximate surface area is 90.4 Å². The van der Waals surface area contributed by atoms with Gasteiger partial charge in [-0.1, -0.05) is 11.6 Å². The summed E-state index contributed by atoms with van der Waals surface area (Å²) < 4.78 is 1.92. The number of nitrogens with one attached hydrogen (secondary N) is 1. The molecule has 1 heterocycles. The van der Waals surface area contributed by atoms with Crippen molar-refractivity contribution >= 4 is 11.6 Å². The van der Waals surface area contributed by atoms with Crippen LogP contribution in [0.5, 0.6) is 0 Å². The summed E-state index contributed by atoms with van der Waals surface area (Å²) in [4.78, 5) is 0. The maximum atomic E-state index is 6.03. The fraction of sp³-hybridized carbons (Fsp3) is 0.700. The molecule has 1 N–H and O–H groups in total. The number of hydrogen-bond acceptors (Lipinski definition) is 2. The van der Waals surface area contributed by atoms with Gasteiger partial charge in [-0.05, 0) is 27.7 Å². The molecule has 0 aromatic carbocycles. The van der Waals surface area contributed by atoms with Crippen LogP contribution in [0.15, 0.2) is 6.20 Å². The Kier molecular flexibility index (Phi) is 3.56. The van der Waals surface area contributed by atoms with E-state index in [9.17, 15) is 0 Å². The van der Waals surface area contributed by atoms with E-state index in [0.717, 1.165) is 23.8 Å². The molecule has 0 saturated heterocycles. The minimum Gasteiger partial charge on any atom is -0.306 e. The number of aromatic nitrogens is 2. The van der Waals surface area contributed by atoms with E-state index in [4.69, 9.17) is 11.6 Å². The first kappa shape index (κ1) is 11.5. The van der Waals surface area contributed by atoms with E-state index < -0.39 is 0 Å². The molecule has 0 fully saturated rings. The van der Waals surface area contributed by atoms with Crippen LogP contribution in [-0.4, -0.2) is 15.3 Å². The van der Waals surface area contributed by atoms with Gasteiger partial charge in [0.2, 0.25) is 0 Å². The van der Waals surface area contributed by atoms with E-state index >= 15 is 0 Å². The quantitative estimate of drug-likeness (QED) is 0.840. The zero-order valence-electron chi connectivity index (χ0n) is 9.26. The summed E-state index contributed by atoms with van der Waals surface area (Å²) in [6.07, 6.45) is 1.70. The lowest BCUT2D eigenvalue weighted by Crippen LogP contribution is -2.35. The summed E-state index contributed by atoms with van der Waals surface area (Å²) in [6.45, 7) is 10.1. The number of aryl methyl sites for hydroxylation is 1. The zero-order chi connectivity index (χ0) is 10.8. The van der Waals surface area contributed by atoms with Gasteiger partial charge in [-0.2, -0.15) is 5.10 Å². The molecule has 0 aliphatic heterocycles. The first-order valence-electron chi connectivity index (χ1n) is 4.89. The molecule has 0 spiro atoms. The van der Waals surface area contributed by atoms with Crippen LogP contribution < -0.4 is 5.32 Å². The standard InChI is InChI=1S/C10H18ClN3/c1-5-14-9(8(11)6-13-14)7-12-10(2,3)4/h6,12H,5,7H2,1-4H3. The van der Waals surface area contributed by atoms with Gasteiger partial charge in [0.05, 0.1) is 16.9 Å². The second-order valence-electron chi connectivity index (χ2n) is 4.36. The van der Waals surface area contributed by atoms with E-state index in [-0.39, 0.29) is 5.54 Å². The number of rotatable bonds is 3. The van der Waals surface area contributed by atoms with Gasteiger partial charge in [-0.25, -0.2) is 0 Å². The van der Waals surface area contributed by atoms with Gasteiger partial charge in [-0.15, -0.1) is 0 Å². The Hall–Kier alpha value is -0.540. The lowest BCUT2D eigenvalue weighted by atomic mass is 10.1. The summed E-state index contributed by atoms with van der Waals surface area (Å²) >= 11 is 6.03. The molecule has 0 atom stereocenters. The van der Waals surface area contributed by atoms with Crippen LogP contribution in [0.2, 0.25) is 5.02 Å². The summed E-state index contributed by atoms with van der Waals surface area (Å²) in [5.41, 5.74) is 1.16. The maximum Gasteiger partial charge on any atom is 0.0831 e. The molecular formula is C10H18ClN3. The molecule has 0 radical (unpaired) electrons. The zero-order valence-corrected chi connectivity index (χ0v) is 10.0. The third-order valence-corrected chi connectivity index (χ3v) is 2.30. The normalized spacial score (nSPS) is 12.1. The van der Waals surface area contributed by atoms with Gasteiger partial charge in [0, 0.05) is 18.6 Å². The van der Waals surface area contributed by atoms with Crippen molar-refractivity contribution in [2.75, 3.05) is 0 Å². The highest BCUT2D eigenvalue weighted by Crippen LogP contribution is 2.15. The Bertz CT molecular complexity index is 299. The molecule has 4 heteroatoms. The van der Waals surface area contributed by atoms with Crippen LogP contribution in [0.3, 0.4) is 0 Å². The molecule has 14 heavy (non-hydrogen) atoms. The Balaban J connectivity index is 2.70. The minimum atomic E-state index is 0.103. The van der Waals surface area contributed by atoms with Crippen molar-refractivity contribution in [1.82, 2.24) is 15.1 Å². The highest BCUT2D eigenvalue weighted by atomic mass is 35.5. The predicted octanol–water partition coefficient (Wildman–Crippen LogP) is 2.44. The molecule has 0 amide bonds. The molecular weight excluding hydrogens is 198 g/mol. The maximum absolute atomic E-state index is 6.03. The third kappa shape index (κ3) is 3.00. The van der Waals surface area contributed by atoms with Crippen LogP contribution in [0.4, 0.5) is 0 Å². The van der Waals surface area contributed by atoms with Crippen molar-refractivity contribution in [3.8, 4) is 0 Å². The van der Waals surface area contributed by atoms with E-state index in [1.165, 1.54) is 0 Å². The number of hydrogen-bond donors (Lipinski definition) is 1. The second-order valence-corrected chi connectivity index (χ2v) is 4.77. The lowest BCUT2D eigenvalue weighted by molar-refractivity contribution is 0.413. The lowest BCUT2D eigenvalue weighted by Gasteiger charge is -2.20. The van der Waals surface area contributed by atoms with Crippen molar-refractivity contribution in [3.05, 3.63) is 16.9 Å². The largest absolute Gasteiger partial charge is 0.306 e. The second kappa shape index (κ2) is 4.32. The topological polar surface area (TPSA) is 29.9 Å². The fourth-order valence-electron chi connectivity index (χ4n) is 1.18. The van der Waals surface area contributed by atoms with Crippen LogP contribution >= 0.6 is 11.6 Å². The molecule has 80 valence electrons. The molecule has 1 aromatic rings. The van der Waals surface area contributed by atoms with E-state index in [1.807, 2.05) is 4.68 Å². The number of halogens is 1. The van der Waals surface area contributed by atoms with Crippen LogP contribution in [0.1, 0.15) is 33.4 Å². The first-order valence-corrected chi connectivity index (χ1v) is 5.27. The Morgan fingerprint density at radius 3 is 2.64 bits per heavy atom. The van der Waals surface area contributed by atoms with Gasteiger partial charge in [0.15, 0.2) is 0 Å². The van der Waals surface area contributed by atoms with Gasteiger partial charge in [0.25, 0.3) is 0 Å². The van der Waals surface area contributed by atoms with Crippen molar-refractivity contribution < 1.29 is 0 Å². The monoisotopic (exact) mass is 215 g/mol. The van der Waals surface area contributed by atoms with Crippen molar-refractivity contribution in [2.24, 2.45) is 0 Å². The molecule has 0 aliphatic carbocycles. The first-order chi connectivity index (χ1) is 6.44. The summed E-state index contributed by atoms with van der Waals surface area (Å²) in [6, 6.07) is 0. The van der Waals surface area contributed by atoms with Gasteiger partial charge in [-0.3, -0.25) is 4.68 Å². The minimum absolute atomic E-state index is 0.103. The molecule has 1 aromatic heterocycles. The van der Waals surface area contributed by atoms with E-state index in [0.29, 0.717) is 0 Å². The average Bonchev–Trinajstić information content (AvgIpc) is 2.41. The van der Waals surface area contributed by atoms with Gasteiger partial charge < -0.3 is 5.32 Å². The van der Waals surface area contributed by atoms with Gasteiger partial charge >= 0.3 is 0 Å². The van der Waals surface area contributed by atoms with Crippen molar-refractivity contribution in [3.63, 3.8) is 0 Å². The van der Waals surface area contributed by atoms with Crippen LogP contribution in [0.25, 0.3) is 0 Å². The summed E-state index contributed by atoms with van der Waals surface area (Å²) in [7, 11) is 0. The Morgan fingerprint density at radius 1 is 1.50 bits per heavy atom. The highest BCUT2D eigenvalue weighted by molar-refractivity contribution is 6.31. The fourth-order valence-corrected chi connectivity index (χ4v) is 1.39. The molecule has 0 saturated carbocycles. The molecule has 0 unspecified atom stereocenters. The molecule has 3 nitrogen and oxygen atoms in total. The molecule has 0 bridgehead atoms. The van der Waals surface area contributed by atoms with Crippen molar-refractivity contribution in [1.29, 1.82) is 0 Å². The van der Waals surface area contributed by atoms with Gasteiger partial charge in [0.1, 0.15) is 0 Å². The SMILES string of the molecule is CCn1ncc(Cl)c1CNC(C)(C)C. The highest BCUT2D eigenvalue weighted by Gasteiger charge is 2.12. The third-order valence-electron chi connectivity index (χ3n) is 1.98. The average molecular weight is 216 g/mol. The van der Waals surface area contributed by atoms with Crippen molar-refractivity contribution in [2.45, 2.75) is 46.3 Å². The summed E-state index contributed by atoms with van der Waals surface area (Å²) in [5, 5.41) is 8.31. The van der Waals surface area contributed by atoms with E-state index in [2.05, 4.69) is 38.1 Å². The smallest absolute Gasteiger partial charge is 0.0831 e. The van der Waals surface area contributed by atoms with E-state index in [1.54, 1.807) is 6.20 Å². The predicted molar refractivity (Wildman–Crippen MR) is 59.5 cm³/mol. The Morgan fingerprint density at radius 2 is 2.14 bits per heavy atom. The molecule has 1 rings (SSSR count). The molecule has 0 aliphatic rings. The van der Waals surface area contributed by atoms with Crippen LogP contribution in [0, 0.1) is 0 Å². The number of nitrogens with zero attached hydrogens (tertiary/aromatic N) is 2. The van der Waals surface area contributed by atoms with Crippen LogP contribution in [-0.2, 0) is 13.1 Å². The summed E-state index contributed by atoms with van der Waals surface area (Å²) in [5.74, 6) is 0.